The third kappa shape index (κ3) is 4.46. The number of nitrogens with zero attached hydrogens (tertiary/aromatic N) is 2. The highest BCUT2D eigenvalue weighted by Crippen LogP contribution is 2.23. The number of hydrogen-bond acceptors (Lipinski definition) is 5. The molecule has 96 valence electrons. The Labute approximate surface area is 106 Å². The minimum atomic E-state index is -1.52. The van der Waals surface area contributed by atoms with Crippen molar-refractivity contribution in [1.29, 1.82) is 0 Å². The number of aliphatic hydroxyl groups is 1. The van der Waals surface area contributed by atoms with Gasteiger partial charge in [0.15, 0.2) is 5.15 Å². The van der Waals surface area contributed by atoms with Gasteiger partial charge in [-0.15, -0.1) is 0 Å². The normalized spacial score (nSPS) is 15.4. The highest BCUT2D eigenvalue weighted by molar-refractivity contribution is 6.30. The van der Waals surface area contributed by atoms with Gasteiger partial charge in [-0.3, -0.25) is 5.32 Å². The van der Waals surface area contributed by atoms with Crippen LogP contribution in [-0.4, -0.2) is 26.5 Å². The number of nitrogens with one attached hydrogen (secondary N) is 1. The molecule has 17 heavy (non-hydrogen) atoms. The quantitative estimate of drug-likeness (QED) is 0.809. The van der Waals surface area contributed by atoms with E-state index in [2.05, 4.69) is 15.3 Å². The van der Waals surface area contributed by atoms with Crippen LogP contribution in [0.15, 0.2) is 12.4 Å². The third-order valence-corrected chi connectivity index (χ3v) is 2.20. The summed E-state index contributed by atoms with van der Waals surface area (Å²) in [6, 6.07) is 0. The fraction of sp³-hybridized carbons (Fsp3) is 0.636. The van der Waals surface area contributed by atoms with Crippen molar-refractivity contribution in [3.05, 3.63) is 17.5 Å². The van der Waals surface area contributed by atoms with Gasteiger partial charge in [0.25, 0.3) is 11.8 Å². The van der Waals surface area contributed by atoms with E-state index in [1.165, 1.54) is 12.4 Å². The van der Waals surface area contributed by atoms with Crippen LogP contribution >= 0.6 is 11.6 Å². The van der Waals surface area contributed by atoms with Crippen LogP contribution in [0.4, 0.5) is 0 Å². The Hall–Kier alpha value is -0.910. The lowest BCUT2D eigenvalue weighted by Crippen LogP contribution is -2.57. The Balaban J connectivity index is 2.86. The van der Waals surface area contributed by atoms with E-state index in [0.29, 0.717) is 6.42 Å². The molecule has 1 rings (SSSR count). The van der Waals surface area contributed by atoms with Crippen molar-refractivity contribution >= 4 is 11.6 Å². The summed E-state index contributed by atoms with van der Waals surface area (Å²) in [6.07, 6.45) is 3.25. The first kappa shape index (κ1) is 14.2. The van der Waals surface area contributed by atoms with E-state index < -0.39 is 5.91 Å². The highest BCUT2D eigenvalue weighted by atomic mass is 35.5. The average Bonchev–Trinajstić information content (AvgIpc) is 2.19. The van der Waals surface area contributed by atoms with Crippen molar-refractivity contribution in [2.24, 2.45) is 0 Å². The molecule has 1 unspecified atom stereocenters. The molecular formula is C11H18ClN3O2. The predicted molar refractivity (Wildman–Crippen MR) is 65.8 cm³/mol. The molecule has 0 fully saturated rings. The van der Waals surface area contributed by atoms with Crippen LogP contribution in [0.5, 0.6) is 5.88 Å². The zero-order valence-electron chi connectivity index (χ0n) is 10.5. The summed E-state index contributed by atoms with van der Waals surface area (Å²) in [5.41, 5.74) is -0.306. The smallest absolute Gasteiger partial charge is 0.269 e. The number of aromatic nitrogens is 2. The molecule has 0 aliphatic carbocycles. The monoisotopic (exact) mass is 259 g/mol. The van der Waals surface area contributed by atoms with Gasteiger partial charge in [0.2, 0.25) is 0 Å². The molecule has 0 bridgehead atoms. The molecule has 0 spiro atoms. The maximum Gasteiger partial charge on any atom is 0.269 e. The molecule has 0 amide bonds. The SMILES string of the molecule is CCC(O)(NC(C)(C)C)Oc1nccnc1Cl. The van der Waals surface area contributed by atoms with Crippen molar-refractivity contribution in [1.82, 2.24) is 15.3 Å². The van der Waals surface area contributed by atoms with Gasteiger partial charge >= 0.3 is 0 Å². The minimum absolute atomic E-state index is 0.107. The Morgan fingerprint density at radius 2 is 1.94 bits per heavy atom. The maximum atomic E-state index is 10.3. The molecule has 0 aromatic carbocycles. The first-order valence-corrected chi connectivity index (χ1v) is 5.81. The van der Waals surface area contributed by atoms with Crippen LogP contribution in [0.2, 0.25) is 5.15 Å². The lowest BCUT2D eigenvalue weighted by atomic mass is 10.1. The summed E-state index contributed by atoms with van der Waals surface area (Å²) in [5, 5.41) is 13.4. The maximum absolute atomic E-state index is 10.3. The van der Waals surface area contributed by atoms with Crippen molar-refractivity contribution in [2.75, 3.05) is 0 Å². The van der Waals surface area contributed by atoms with Crippen molar-refractivity contribution in [2.45, 2.75) is 45.6 Å². The van der Waals surface area contributed by atoms with Gasteiger partial charge < -0.3 is 9.84 Å². The summed E-state index contributed by atoms with van der Waals surface area (Å²) in [5.74, 6) is -1.41. The minimum Gasteiger partial charge on any atom is -0.429 e. The first-order valence-electron chi connectivity index (χ1n) is 5.43. The Morgan fingerprint density at radius 3 is 2.41 bits per heavy atom. The molecule has 0 aliphatic heterocycles. The number of rotatable bonds is 4. The molecule has 5 nitrogen and oxygen atoms in total. The fourth-order valence-electron chi connectivity index (χ4n) is 1.31. The second-order valence-electron chi connectivity index (χ2n) is 4.77. The van der Waals surface area contributed by atoms with Gasteiger partial charge in [-0.2, -0.15) is 0 Å². The van der Waals surface area contributed by atoms with Crippen molar-refractivity contribution in [3.63, 3.8) is 0 Å². The molecule has 6 heteroatoms. The Morgan fingerprint density at radius 1 is 1.35 bits per heavy atom. The second kappa shape index (κ2) is 5.16. The van der Waals surface area contributed by atoms with Gasteiger partial charge in [0.05, 0.1) is 0 Å². The lowest BCUT2D eigenvalue weighted by Gasteiger charge is -2.34. The summed E-state index contributed by atoms with van der Waals surface area (Å²) < 4.78 is 5.40. The Bertz CT molecular complexity index is 381. The Kier molecular flexibility index (Phi) is 4.30. The van der Waals surface area contributed by atoms with Crippen molar-refractivity contribution < 1.29 is 9.84 Å². The molecule has 1 aromatic rings. The van der Waals surface area contributed by atoms with Crippen LogP contribution in [0.3, 0.4) is 0 Å². The third-order valence-electron chi connectivity index (χ3n) is 1.94. The van der Waals surface area contributed by atoms with Gasteiger partial charge in [0.1, 0.15) is 0 Å². The number of hydrogen-bond donors (Lipinski definition) is 2. The van der Waals surface area contributed by atoms with Gasteiger partial charge in [-0.05, 0) is 20.8 Å². The standard InChI is InChI=1S/C11H18ClN3O2/c1-5-11(16,15-10(2,3)4)17-9-8(12)13-6-7-14-9/h6-7,15-16H,5H2,1-4H3. The van der Waals surface area contributed by atoms with Crippen LogP contribution in [-0.2, 0) is 0 Å². The van der Waals surface area contributed by atoms with E-state index in [1.807, 2.05) is 20.8 Å². The molecular weight excluding hydrogens is 242 g/mol. The van der Waals surface area contributed by atoms with Gasteiger partial charge in [-0.1, -0.05) is 18.5 Å². The highest BCUT2D eigenvalue weighted by Gasteiger charge is 2.33. The number of ether oxygens (including phenoxy) is 1. The van der Waals surface area contributed by atoms with Crippen LogP contribution < -0.4 is 10.1 Å². The van der Waals surface area contributed by atoms with E-state index in [0.717, 1.165) is 0 Å². The van der Waals surface area contributed by atoms with Crippen LogP contribution in [0.1, 0.15) is 34.1 Å². The number of halogens is 1. The van der Waals surface area contributed by atoms with E-state index in [1.54, 1.807) is 6.92 Å². The predicted octanol–water partition coefficient (Wildman–Crippen LogP) is 1.95. The van der Waals surface area contributed by atoms with Gasteiger partial charge in [0, 0.05) is 24.4 Å². The van der Waals surface area contributed by atoms with E-state index in [4.69, 9.17) is 16.3 Å². The first-order chi connectivity index (χ1) is 7.76. The van der Waals surface area contributed by atoms with E-state index >= 15 is 0 Å². The second-order valence-corrected chi connectivity index (χ2v) is 5.13. The molecule has 0 aliphatic rings. The molecule has 1 aromatic heterocycles. The van der Waals surface area contributed by atoms with Gasteiger partial charge in [-0.25, -0.2) is 9.97 Å². The van der Waals surface area contributed by atoms with Crippen LogP contribution in [0.25, 0.3) is 0 Å². The summed E-state index contributed by atoms with van der Waals surface area (Å²) >= 11 is 5.82. The van der Waals surface area contributed by atoms with E-state index in [9.17, 15) is 5.11 Å². The van der Waals surface area contributed by atoms with Crippen LogP contribution in [0, 0.1) is 0 Å². The average molecular weight is 260 g/mol. The zero-order valence-corrected chi connectivity index (χ0v) is 11.2. The largest absolute Gasteiger partial charge is 0.429 e. The van der Waals surface area contributed by atoms with Crippen molar-refractivity contribution in [3.8, 4) is 5.88 Å². The molecule has 0 saturated heterocycles. The fourth-order valence-corrected chi connectivity index (χ4v) is 1.45. The topological polar surface area (TPSA) is 67.3 Å². The lowest BCUT2D eigenvalue weighted by molar-refractivity contribution is -0.179. The summed E-state index contributed by atoms with van der Waals surface area (Å²) in [4.78, 5) is 7.76. The summed E-state index contributed by atoms with van der Waals surface area (Å²) in [6.45, 7) is 7.57. The summed E-state index contributed by atoms with van der Waals surface area (Å²) in [7, 11) is 0. The molecule has 1 heterocycles. The molecule has 1 atom stereocenters. The van der Waals surface area contributed by atoms with E-state index in [-0.39, 0.29) is 16.6 Å². The molecule has 0 saturated carbocycles. The molecule has 2 N–H and O–H groups in total. The molecule has 0 radical (unpaired) electrons. The zero-order chi connectivity index (χ0) is 13.1.